The summed E-state index contributed by atoms with van der Waals surface area (Å²) in [5, 5.41) is 49.9. The fourth-order valence-electron chi connectivity index (χ4n) is 3.72. The number of aliphatic hydroxyl groups excluding tert-OH is 5. The minimum absolute atomic E-state index is 0.00942. The lowest BCUT2D eigenvalue weighted by Gasteiger charge is -2.38. The van der Waals surface area contributed by atoms with Crippen LogP contribution in [0, 0.1) is 0 Å². The Balaban J connectivity index is 1.38. The van der Waals surface area contributed by atoms with Gasteiger partial charge in [-0.3, -0.25) is 18.4 Å². The van der Waals surface area contributed by atoms with Gasteiger partial charge in [-0.05, 0) is 6.92 Å². The molecule has 0 spiro atoms. The van der Waals surface area contributed by atoms with Gasteiger partial charge in [0.1, 0.15) is 36.6 Å². The van der Waals surface area contributed by atoms with Gasteiger partial charge in [0, 0.05) is 0 Å². The minimum Gasteiger partial charge on any atom is -0.388 e. The Morgan fingerprint density at radius 1 is 1.00 bits per heavy atom. The lowest BCUT2D eigenvalue weighted by atomic mass is 10.0. The van der Waals surface area contributed by atoms with Crippen molar-refractivity contribution in [2.75, 3.05) is 6.61 Å². The number of hydrogen-bond acceptors (Lipinski definition) is 15. The van der Waals surface area contributed by atoms with Gasteiger partial charge >= 0.3 is 15.6 Å². The van der Waals surface area contributed by atoms with Gasteiger partial charge in [-0.2, -0.15) is 4.31 Å². The summed E-state index contributed by atoms with van der Waals surface area (Å²) in [4.78, 5) is 41.6. The fraction of sp³-hybridized carbons (Fsp3) is 0.688. The summed E-state index contributed by atoms with van der Waals surface area (Å²) in [5.74, 6) is 0. The molecule has 11 atom stereocenters. The molecule has 8 N–H and O–H groups in total. The van der Waals surface area contributed by atoms with Gasteiger partial charge in [-0.25, -0.2) is 19.1 Å². The predicted octanol–water partition coefficient (Wildman–Crippen LogP) is -3.18. The molecule has 21 heteroatoms. The molecule has 10 unspecified atom stereocenters. The van der Waals surface area contributed by atoms with Gasteiger partial charge in [0.05, 0.1) is 25.4 Å². The van der Waals surface area contributed by atoms with Gasteiger partial charge in [0.15, 0.2) is 23.7 Å². The quantitative estimate of drug-likeness (QED) is 0.144. The number of phosphoric acid groups is 2. The molecule has 2 aliphatic heterocycles. The van der Waals surface area contributed by atoms with E-state index in [4.69, 9.17) is 9.47 Å². The Bertz CT molecular complexity index is 1270. The van der Waals surface area contributed by atoms with Crippen LogP contribution in [0.3, 0.4) is 0 Å². The van der Waals surface area contributed by atoms with Crippen LogP contribution in [-0.4, -0.2) is 110 Å². The maximum Gasteiger partial charge on any atom is 0.483 e. The molecular weight excluding hydrogens is 550 g/mol. The van der Waals surface area contributed by atoms with Crippen LogP contribution in [0.15, 0.2) is 17.4 Å². The number of ether oxygens (including phenoxy) is 2. The molecule has 0 aliphatic carbocycles. The molecule has 2 aromatic rings. The first-order valence-corrected chi connectivity index (χ1v) is 13.5. The van der Waals surface area contributed by atoms with E-state index in [1.54, 1.807) is 0 Å². The second kappa shape index (κ2) is 10.5. The maximum absolute atomic E-state index is 12.2. The van der Waals surface area contributed by atoms with E-state index >= 15 is 0 Å². The Morgan fingerprint density at radius 3 is 2.41 bits per heavy atom. The number of aliphatic hydroxyl groups is 5. The number of nitrogens with zero attached hydrogens (tertiary/aromatic N) is 3. The van der Waals surface area contributed by atoms with Crippen LogP contribution in [0.5, 0.6) is 0 Å². The summed E-state index contributed by atoms with van der Waals surface area (Å²) in [6.45, 7) is 0.322. The summed E-state index contributed by atoms with van der Waals surface area (Å²) in [6, 6.07) is 0. The number of H-pyrrole nitrogens is 1. The molecule has 4 rings (SSSR count). The highest BCUT2D eigenvalue weighted by Gasteiger charge is 2.49. The van der Waals surface area contributed by atoms with E-state index in [2.05, 4.69) is 28.3 Å². The number of hydrogen-bond donors (Lipinski definition) is 8. The first-order chi connectivity index (χ1) is 17.2. The van der Waals surface area contributed by atoms with Crippen molar-refractivity contribution in [2.24, 2.45) is 0 Å². The average Bonchev–Trinajstić information content (AvgIpc) is 3.36. The first-order valence-electron chi connectivity index (χ1n) is 10.5. The van der Waals surface area contributed by atoms with Crippen molar-refractivity contribution in [3.63, 3.8) is 0 Å². The monoisotopic (exact) mass is 574 g/mol. The second-order valence-electron chi connectivity index (χ2n) is 8.20. The van der Waals surface area contributed by atoms with E-state index in [0.29, 0.717) is 0 Å². The van der Waals surface area contributed by atoms with Gasteiger partial charge in [0.25, 0.3) is 5.56 Å². The zero-order valence-corrected chi connectivity index (χ0v) is 20.5. The van der Waals surface area contributed by atoms with Gasteiger partial charge < -0.3 is 49.8 Å². The number of aromatic nitrogens is 4. The van der Waals surface area contributed by atoms with Crippen molar-refractivity contribution in [1.82, 2.24) is 19.5 Å². The number of fused-ring (bicyclic) bond motifs is 1. The molecule has 0 radical (unpaired) electrons. The molecule has 4 heterocycles. The third-order valence-electron chi connectivity index (χ3n) is 5.63. The summed E-state index contributed by atoms with van der Waals surface area (Å²) >= 11 is 0. The van der Waals surface area contributed by atoms with Crippen molar-refractivity contribution in [3.8, 4) is 0 Å². The molecular formula is C16H24N4O15P2. The van der Waals surface area contributed by atoms with Crippen molar-refractivity contribution >= 4 is 26.8 Å². The minimum atomic E-state index is -5.49. The van der Waals surface area contributed by atoms with Crippen molar-refractivity contribution in [3.05, 3.63) is 23.0 Å². The zero-order chi connectivity index (χ0) is 27.3. The van der Waals surface area contributed by atoms with Crippen LogP contribution in [0.25, 0.3) is 11.2 Å². The summed E-state index contributed by atoms with van der Waals surface area (Å²) < 4.78 is 49.3. The Morgan fingerprint density at radius 2 is 1.70 bits per heavy atom. The molecule has 2 aliphatic rings. The molecule has 19 nitrogen and oxygen atoms in total. The molecule has 2 fully saturated rings. The Hall–Kier alpha value is -1.67. The Labute approximate surface area is 206 Å². The number of aromatic amines is 1. The smallest absolute Gasteiger partial charge is 0.388 e. The number of phosphoric ester groups is 2. The van der Waals surface area contributed by atoms with E-state index in [9.17, 15) is 49.2 Å². The second-order valence-corrected chi connectivity index (χ2v) is 11.2. The molecule has 0 aromatic carbocycles. The summed E-state index contributed by atoms with van der Waals surface area (Å²) in [5.41, 5.74) is -0.643. The Kier molecular flexibility index (Phi) is 8.03. The van der Waals surface area contributed by atoms with Crippen LogP contribution in [0.2, 0.25) is 0 Å². The maximum atomic E-state index is 12.2. The van der Waals surface area contributed by atoms with Crippen LogP contribution >= 0.6 is 15.6 Å². The average molecular weight is 574 g/mol. The zero-order valence-electron chi connectivity index (χ0n) is 18.7. The molecule has 0 bridgehead atoms. The van der Waals surface area contributed by atoms with Crippen molar-refractivity contribution in [2.45, 2.75) is 62.2 Å². The van der Waals surface area contributed by atoms with Gasteiger partial charge in [-0.15, -0.1) is 0 Å². The van der Waals surface area contributed by atoms with E-state index < -0.39 is 83.1 Å². The summed E-state index contributed by atoms with van der Waals surface area (Å²) in [6.07, 6.45) is -12.5. The van der Waals surface area contributed by atoms with Crippen LogP contribution in [0.1, 0.15) is 13.2 Å². The highest BCUT2D eigenvalue weighted by Crippen LogP contribution is 2.61. The topological polar surface area (TPSA) is 285 Å². The van der Waals surface area contributed by atoms with Crippen molar-refractivity contribution < 1.29 is 67.3 Å². The molecule has 2 saturated heterocycles. The molecule has 0 saturated carbocycles. The van der Waals surface area contributed by atoms with E-state index in [1.165, 1.54) is 6.92 Å². The van der Waals surface area contributed by atoms with E-state index in [1.807, 2.05) is 0 Å². The molecule has 2 aromatic heterocycles. The number of nitrogens with one attached hydrogen (secondary N) is 1. The highest BCUT2D eigenvalue weighted by atomic mass is 31.3. The van der Waals surface area contributed by atoms with Gasteiger partial charge in [0.2, 0.25) is 0 Å². The molecule has 37 heavy (non-hydrogen) atoms. The number of rotatable bonds is 8. The van der Waals surface area contributed by atoms with Crippen LogP contribution in [-0.2, 0) is 32.0 Å². The summed E-state index contributed by atoms with van der Waals surface area (Å²) in [7, 11) is -10.9. The van der Waals surface area contributed by atoms with E-state index in [-0.39, 0.29) is 11.2 Å². The van der Waals surface area contributed by atoms with Crippen LogP contribution in [0.4, 0.5) is 0 Å². The normalized spacial score (nSPS) is 37.9. The van der Waals surface area contributed by atoms with Gasteiger partial charge in [-0.1, -0.05) is 0 Å². The van der Waals surface area contributed by atoms with Crippen molar-refractivity contribution in [1.29, 1.82) is 0 Å². The third kappa shape index (κ3) is 5.85. The fourth-order valence-corrected chi connectivity index (χ4v) is 5.88. The lowest BCUT2D eigenvalue weighted by Crippen LogP contribution is -2.57. The first kappa shape index (κ1) is 28.3. The molecule has 208 valence electrons. The lowest BCUT2D eigenvalue weighted by molar-refractivity contribution is -0.271. The standard InChI is InChI=1S/C16H24N4O15P2/c1-5-8(21)10(23)12(25)16(32-5)34-37(29,30)35-36(27,28)31-2-6-9(22)11(24)15(33-6)20-4-19-7-13(20)17-3-18-14(7)26/h3-6,8-12,15-16,21-25H,2H2,1H3,(H,27,28)(H,29,30)(H,17,18,26)/t5?,6?,8?,9?,10?,11?,12-,15?,16?/m0/s1. The van der Waals surface area contributed by atoms with E-state index in [0.717, 1.165) is 17.2 Å². The predicted molar refractivity (Wildman–Crippen MR) is 114 cm³/mol. The largest absolute Gasteiger partial charge is 0.483 e. The number of imidazole rings is 1. The third-order valence-corrected chi connectivity index (χ3v) is 8.23. The SMILES string of the molecule is CC1OC(OP(=O)(O)OP(=O)(O)OCC2OC(n3cnc4c(=O)[nH]cnc43)C(O)C2O)[C@@H](O)C(O)C1O. The molecule has 0 amide bonds. The highest BCUT2D eigenvalue weighted by molar-refractivity contribution is 7.61. The van der Waals surface area contributed by atoms with Crippen LogP contribution < -0.4 is 5.56 Å².